The van der Waals surface area contributed by atoms with Crippen molar-refractivity contribution < 1.29 is 19.3 Å². The lowest BCUT2D eigenvalue weighted by Gasteiger charge is -2.25. The first-order valence-electron chi connectivity index (χ1n) is 13.0. The molecule has 0 unspecified atom stereocenters. The number of aromatic nitrogens is 2. The molecule has 2 aromatic carbocycles. The Kier molecular flexibility index (Phi) is 9.02. The molecule has 194 valence electrons. The topological polar surface area (TPSA) is 69.0 Å². The van der Waals surface area contributed by atoms with Crippen LogP contribution in [-0.4, -0.2) is 58.8 Å². The summed E-state index contributed by atoms with van der Waals surface area (Å²) in [5, 5.41) is 15.7. The highest BCUT2D eigenvalue weighted by atomic mass is 16.5. The third-order valence-electron chi connectivity index (χ3n) is 6.26. The van der Waals surface area contributed by atoms with E-state index in [0.29, 0.717) is 44.1 Å². The van der Waals surface area contributed by atoms with Gasteiger partial charge < -0.3 is 19.3 Å². The van der Waals surface area contributed by atoms with Crippen molar-refractivity contribution in [2.45, 2.75) is 58.7 Å². The van der Waals surface area contributed by atoms with Crippen LogP contribution in [0.5, 0.6) is 17.4 Å². The molecule has 7 nitrogen and oxygen atoms in total. The number of nitrogens with zero attached hydrogens (tertiary/aromatic N) is 3. The molecule has 0 aliphatic heterocycles. The van der Waals surface area contributed by atoms with Crippen molar-refractivity contribution in [2.75, 3.05) is 26.9 Å². The third-order valence-corrected chi connectivity index (χ3v) is 6.26. The van der Waals surface area contributed by atoms with Gasteiger partial charge in [-0.2, -0.15) is 5.10 Å². The summed E-state index contributed by atoms with van der Waals surface area (Å²) in [5.74, 6) is 2.66. The minimum Gasteiger partial charge on any atom is -0.497 e. The van der Waals surface area contributed by atoms with E-state index in [1.165, 1.54) is 0 Å². The molecule has 4 rings (SSSR count). The fourth-order valence-corrected chi connectivity index (χ4v) is 4.27. The number of benzene rings is 2. The van der Waals surface area contributed by atoms with E-state index in [4.69, 9.17) is 19.3 Å². The van der Waals surface area contributed by atoms with E-state index in [9.17, 15) is 5.11 Å². The normalized spacial score (nSPS) is 14.4. The predicted octanol–water partition coefficient (Wildman–Crippen LogP) is 5.23. The summed E-state index contributed by atoms with van der Waals surface area (Å²) in [4.78, 5) is 2.36. The molecule has 0 spiro atoms. The van der Waals surface area contributed by atoms with Crippen LogP contribution in [0.25, 0.3) is 5.69 Å². The van der Waals surface area contributed by atoms with E-state index in [2.05, 4.69) is 25.7 Å². The van der Waals surface area contributed by atoms with Crippen molar-refractivity contribution >= 4 is 0 Å². The molecule has 1 saturated carbocycles. The van der Waals surface area contributed by atoms with E-state index >= 15 is 0 Å². The summed E-state index contributed by atoms with van der Waals surface area (Å²) in [6.45, 7) is 8.57. The van der Waals surface area contributed by atoms with Gasteiger partial charge in [0.1, 0.15) is 11.5 Å². The van der Waals surface area contributed by atoms with Crippen molar-refractivity contribution in [3.05, 3.63) is 65.9 Å². The van der Waals surface area contributed by atoms with Crippen LogP contribution in [0, 0.1) is 5.92 Å². The monoisotopic (exact) mass is 493 g/mol. The van der Waals surface area contributed by atoms with Crippen LogP contribution in [0.15, 0.2) is 54.6 Å². The van der Waals surface area contributed by atoms with E-state index < -0.39 is 6.10 Å². The van der Waals surface area contributed by atoms with Gasteiger partial charge in [-0.15, -0.1) is 0 Å². The van der Waals surface area contributed by atoms with Crippen molar-refractivity contribution in [3.8, 4) is 23.1 Å². The van der Waals surface area contributed by atoms with E-state index in [1.54, 1.807) is 7.11 Å². The summed E-state index contributed by atoms with van der Waals surface area (Å²) >= 11 is 0. The predicted molar refractivity (Wildman–Crippen MR) is 141 cm³/mol. The van der Waals surface area contributed by atoms with Gasteiger partial charge in [0.25, 0.3) is 0 Å². The quantitative estimate of drug-likeness (QED) is 0.332. The van der Waals surface area contributed by atoms with Crippen LogP contribution in [0.4, 0.5) is 0 Å². The lowest BCUT2D eigenvalue weighted by molar-refractivity contribution is 0.00535. The van der Waals surface area contributed by atoms with E-state index in [-0.39, 0.29) is 0 Å². The number of para-hydroxylation sites is 1. The Bertz CT molecular complexity index is 1080. The summed E-state index contributed by atoms with van der Waals surface area (Å²) < 4.78 is 19.4. The number of hydrogen-bond acceptors (Lipinski definition) is 6. The molecule has 0 bridgehead atoms. The minimum atomic E-state index is -0.537. The van der Waals surface area contributed by atoms with Gasteiger partial charge in [0.15, 0.2) is 0 Å². The number of aliphatic hydroxyl groups excluding tert-OH is 1. The second-order valence-corrected chi connectivity index (χ2v) is 9.85. The Labute approximate surface area is 214 Å². The molecule has 0 amide bonds. The van der Waals surface area contributed by atoms with Gasteiger partial charge in [-0.1, -0.05) is 39.0 Å². The zero-order chi connectivity index (χ0) is 25.5. The zero-order valence-electron chi connectivity index (χ0n) is 21.9. The second kappa shape index (κ2) is 12.4. The van der Waals surface area contributed by atoms with E-state index in [1.807, 2.05) is 59.3 Å². The van der Waals surface area contributed by atoms with Gasteiger partial charge >= 0.3 is 0 Å². The average molecular weight is 494 g/mol. The van der Waals surface area contributed by atoms with Crippen molar-refractivity contribution in [1.82, 2.24) is 14.7 Å². The lowest BCUT2D eigenvalue weighted by atomic mass is 10.1. The molecule has 1 atom stereocenters. The maximum atomic E-state index is 10.7. The standard InChI is InChI=1S/C29H39N3O4/c1-5-28-27(18-31(22-11-12-22)17-24(33)20-35-19-21(2)3)29(32(30-28)23-9-7-6-8-10-23)36-26-15-13-25(34-4)14-16-26/h6-10,13-16,21-22,24,33H,5,11-12,17-20H2,1-4H3/t24-/m1/s1. The molecule has 1 aromatic heterocycles. The summed E-state index contributed by atoms with van der Waals surface area (Å²) in [6, 6.07) is 18.1. The number of rotatable bonds is 14. The molecule has 7 heteroatoms. The van der Waals surface area contributed by atoms with Gasteiger partial charge in [0.2, 0.25) is 5.88 Å². The molecule has 1 aliphatic rings. The molecule has 0 saturated heterocycles. The van der Waals surface area contributed by atoms with Crippen LogP contribution in [0.2, 0.25) is 0 Å². The molecule has 1 N–H and O–H groups in total. The molecule has 0 radical (unpaired) electrons. The smallest absolute Gasteiger partial charge is 0.227 e. The van der Waals surface area contributed by atoms with E-state index in [0.717, 1.165) is 47.7 Å². The minimum absolute atomic E-state index is 0.348. The Hall–Kier alpha value is -2.87. The highest BCUT2D eigenvalue weighted by Crippen LogP contribution is 2.36. The number of aliphatic hydroxyl groups is 1. The van der Waals surface area contributed by atoms with Crippen LogP contribution < -0.4 is 9.47 Å². The van der Waals surface area contributed by atoms with Crippen LogP contribution in [-0.2, 0) is 17.7 Å². The van der Waals surface area contributed by atoms with Gasteiger partial charge in [-0.3, -0.25) is 4.90 Å². The largest absolute Gasteiger partial charge is 0.497 e. The van der Waals surface area contributed by atoms with Gasteiger partial charge in [0.05, 0.1) is 36.8 Å². The zero-order valence-corrected chi connectivity index (χ0v) is 21.9. The fraction of sp³-hybridized carbons (Fsp3) is 0.483. The highest BCUT2D eigenvalue weighted by molar-refractivity contribution is 5.44. The van der Waals surface area contributed by atoms with Crippen molar-refractivity contribution in [2.24, 2.45) is 5.92 Å². The Morgan fingerprint density at radius 3 is 2.33 bits per heavy atom. The number of ether oxygens (including phenoxy) is 3. The van der Waals surface area contributed by atoms with Gasteiger partial charge in [-0.25, -0.2) is 4.68 Å². The number of methoxy groups -OCH3 is 1. The SMILES string of the molecule is CCc1nn(-c2ccccc2)c(Oc2ccc(OC)cc2)c1CN(C[C@@H](O)COCC(C)C)C1CC1. The molecule has 36 heavy (non-hydrogen) atoms. The Morgan fingerprint density at radius 1 is 1.03 bits per heavy atom. The maximum Gasteiger partial charge on any atom is 0.227 e. The fourth-order valence-electron chi connectivity index (χ4n) is 4.27. The first-order valence-corrected chi connectivity index (χ1v) is 13.0. The van der Waals surface area contributed by atoms with Gasteiger partial charge in [0, 0.05) is 25.7 Å². The highest BCUT2D eigenvalue weighted by Gasteiger charge is 2.33. The molecular weight excluding hydrogens is 454 g/mol. The number of aryl methyl sites for hydroxylation is 1. The summed E-state index contributed by atoms with van der Waals surface area (Å²) in [6.07, 6.45) is 2.53. The Balaban J connectivity index is 1.63. The summed E-state index contributed by atoms with van der Waals surface area (Å²) in [7, 11) is 1.65. The molecule has 1 fully saturated rings. The molecule has 3 aromatic rings. The Morgan fingerprint density at radius 2 is 1.72 bits per heavy atom. The molecule has 1 aliphatic carbocycles. The molecular formula is C29H39N3O4. The van der Waals surface area contributed by atoms with Crippen molar-refractivity contribution in [3.63, 3.8) is 0 Å². The van der Waals surface area contributed by atoms with Crippen LogP contribution in [0.3, 0.4) is 0 Å². The number of hydrogen-bond donors (Lipinski definition) is 1. The maximum absolute atomic E-state index is 10.7. The van der Waals surface area contributed by atoms with Crippen molar-refractivity contribution in [1.29, 1.82) is 0 Å². The van der Waals surface area contributed by atoms with Gasteiger partial charge in [-0.05, 0) is 61.6 Å². The van der Waals surface area contributed by atoms with Crippen LogP contribution in [0.1, 0.15) is 44.9 Å². The second-order valence-electron chi connectivity index (χ2n) is 9.85. The average Bonchev–Trinajstić information content (AvgIpc) is 3.68. The first kappa shape index (κ1) is 26.2. The van der Waals surface area contributed by atoms with Crippen LogP contribution >= 0.6 is 0 Å². The molecule has 1 heterocycles. The lowest BCUT2D eigenvalue weighted by Crippen LogP contribution is -2.36. The first-order chi connectivity index (χ1) is 17.5. The third kappa shape index (κ3) is 6.87. The summed E-state index contributed by atoms with van der Waals surface area (Å²) in [5.41, 5.74) is 3.00.